The van der Waals surface area contributed by atoms with Gasteiger partial charge in [0.2, 0.25) is 0 Å². The highest BCUT2D eigenvalue weighted by Gasteiger charge is 2.00. The van der Waals surface area contributed by atoms with Crippen molar-refractivity contribution < 1.29 is 0 Å². The third-order valence-corrected chi connectivity index (χ3v) is 3.93. The van der Waals surface area contributed by atoms with Crippen molar-refractivity contribution in [3.05, 3.63) is 64.6 Å². The molecule has 3 aromatic rings. The molecule has 0 amide bonds. The smallest absolute Gasteiger partial charge is 0.112 e. The average molecular weight is 284 g/mol. The number of aromatic nitrogens is 3. The number of hydrogen-bond acceptors (Lipinski definition) is 4. The highest BCUT2D eigenvalue weighted by atomic mass is 32.1. The van der Waals surface area contributed by atoms with Gasteiger partial charge in [0.15, 0.2) is 0 Å². The maximum atomic E-state index is 4.45. The summed E-state index contributed by atoms with van der Waals surface area (Å²) in [4.78, 5) is 8.51. The second-order valence-electron chi connectivity index (χ2n) is 4.67. The number of rotatable bonds is 5. The van der Waals surface area contributed by atoms with Gasteiger partial charge >= 0.3 is 0 Å². The van der Waals surface area contributed by atoms with Gasteiger partial charge in [-0.15, -0.1) is 11.3 Å². The molecule has 1 N–H and O–H groups in total. The van der Waals surface area contributed by atoms with Gasteiger partial charge in [-0.05, 0) is 24.6 Å². The molecule has 0 aliphatic carbocycles. The van der Waals surface area contributed by atoms with Crippen LogP contribution in [0.2, 0.25) is 0 Å². The molecule has 0 aliphatic heterocycles. The zero-order chi connectivity index (χ0) is 13.8. The van der Waals surface area contributed by atoms with E-state index in [9.17, 15) is 0 Å². The molecule has 0 saturated heterocycles. The number of nitrogens with zero attached hydrogens (tertiary/aromatic N) is 3. The van der Waals surface area contributed by atoms with Crippen LogP contribution in [0.15, 0.2) is 48.4 Å². The lowest BCUT2D eigenvalue weighted by Crippen LogP contribution is -2.01. The molecule has 0 atom stereocenters. The number of aryl methyl sites for hydroxylation is 1. The van der Waals surface area contributed by atoms with Crippen molar-refractivity contribution in [3.63, 3.8) is 0 Å². The third-order valence-electron chi connectivity index (χ3n) is 2.96. The summed E-state index contributed by atoms with van der Waals surface area (Å²) in [6.45, 7) is 3.63. The molecule has 0 bridgehead atoms. The van der Waals surface area contributed by atoms with Gasteiger partial charge in [0.05, 0.1) is 12.9 Å². The number of benzene rings is 1. The Morgan fingerprint density at radius 3 is 3.05 bits per heavy atom. The van der Waals surface area contributed by atoms with E-state index in [1.54, 1.807) is 17.5 Å². The molecular formula is C15H16N4S. The zero-order valence-corrected chi connectivity index (χ0v) is 12.1. The van der Waals surface area contributed by atoms with Gasteiger partial charge in [-0.2, -0.15) is 0 Å². The van der Waals surface area contributed by atoms with Crippen molar-refractivity contribution in [2.45, 2.75) is 20.0 Å². The summed E-state index contributed by atoms with van der Waals surface area (Å²) in [6.07, 6.45) is 5.60. The van der Waals surface area contributed by atoms with E-state index in [4.69, 9.17) is 0 Å². The van der Waals surface area contributed by atoms with Crippen LogP contribution in [-0.2, 0) is 13.1 Å². The fraction of sp³-hybridized carbons (Fsp3) is 0.200. The Morgan fingerprint density at radius 2 is 2.30 bits per heavy atom. The van der Waals surface area contributed by atoms with Crippen LogP contribution in [-0.4, -0.2) is 14.5 Å². The molecule has 102 valence electrons. The van der Waals surface area contributed by atoms with Crippen LogP contribution < -0.4 is 5.32 Å². The lowest BCUT2D eigenvalue weighted by molar-refractivity contribution is 0.797. The van der Waals surface area contributed by atoms with Crippen LogP contribution in [0.3, 0.4) is 0 Å². The SMILES string of the molecule is Cc1csc(CNc2cccc(Cn3ccnc3)c2)n1. The van der Waals surface area contributed by atoms with E-state index in [0.29, 0.717) is 0 Å². The van der Waals surface area contributed by atoms with Gasteiger partial charge in [-0.25, -0.2) is 9.97 Å². The Morgan fingerprint density at radius 1 is 1.35 bits per heavy atom. The average Bonchev–Trinajstić information content (AvgIpc) is 3.09. The molecule has 0 radical (unpaired) electrons. The van der Waals surface area contributed by atoms with E-state index in [1.807, 2.05) is 19.4 Å². The molecule has 3 rings (SSSR count). The monoisotopic (exact) mass is 284 g/mol. The van der Waals surface area contributed by atoms with E-state index in [0.717, 1.165) is 29.5 Å². The number of nitrogens with one attached hydrogen (secondary N) is 1. The molecule has 2 heterocycles. The van der Waals surface area contributed by atoms with Gasteiger partial charge in [0, 0.05) is 35.7 Å². The molecule has 20 heavy (non-hydrogen) atoms. The van der Waals surface area contributed by atoms with E-state index in [-0.39, 0.29) is 0 Å². The van der Waals surface area contributed by atoms with Crippen molar-refractivity contribution in [2.75, 3.05) is 5.32 Å². The zero-order valence-electron chi connectivity index (χ0n) is 11.3. The summed E-state index contributed by atoms with van der Waals surface area (Å²) in [7, 11) is 0. The number of thiazole rings is 1. The second-order valence-corrected chi connectivity index (χ2v) is 5.61. The summed E-state index contributed by atoms with van der Waals surface area (Å²) in [5, 5.41) is 6.61. The van der Waals surface area contributed by atoms with Crippen molar-refractivity contribution in [1.29, 1.82) is 0 Å². The first-order valence-corrected chi connectivity index (χ1v) is 7.37. The molecule has 4 nitrogen and oxygen atoms in total. The van der Waals surface area contributed by atoms with Crippen molar-refractivity contribution >= 4 is 17.0 Å². The van der Waals surface area contributed by atoms with Gasteiger partial charge in [0.25, 0.3) is 0 Å². The first-order chi connectivity index (χ1) is 9.79. The minimum atomic E-state index is 0.771. The van der Waals surface area contributed by atoms with Crippen LogP contribution in [0.4, 0.5) is 5.69 Å². The van der Waals surface area contributed by atoms with Crippen molar-refractivity contribution in [1.82, 2.24) is 14.5 Å². The standard InChI is InChI=1S/C15H16N4S/c1-12-10-20-15(18-12)8-17-14-4-2-3-13(7-14)9-19-6-5-16-11-19/h2-7,10-11,17H,8-9H2,1H3. The van der Waals surface area contributed by atoms with Crippen molar-refractivity contribution in [3.8, 4) is 0 Å². The molecule has 1 aromatic carbocycles. The topological polar surface area (TPSA) is 42.7 Å². The minimum Gasteiger partial charge on any atom is -0.379 e. The predicted molar refractivity (Wildman–Crippen MR) is 81.9 cm³/mol. The summed E-state index contributed by atoms with van der Waals surface area (Å²) in [5.41, 5.74) is 3.46. The van der Waals surface area contributed by atoms with Crippen LogP contribution in [0.1, 0.15) is 16.3 Å². The first-order valence-electron chi connectivity index (χ1n) is 6.49. The predicted octanol–water partition coefficient (Wildman–Crippen LogP) is 3.31. The highest BCUT2D eigenvalue weighted by molar-refractivity contribution is 7.09. The molecule has 0 aliphatic rings. The highest BCUT2D eigenvalue weighted by Crippen LogP contribution is 2.15. The van der Waals surface area contributed by atoms with Crippen LogP contribution in [0, 0.1) is 6.92 Å². The van der Waals surface area contributed by atoms with Gasteiger partial charge in [-0.1, -0.05) is 12.1 Å². The molecule has 0 spiro atoms. The summed E-state index contributed by atoms with van der Waals surface area (Å²) < 4.78 is 2.06. The maximum absolute atomic E-state index is 4.45. The number of hydrogen-bond donors (Lipinski definition) is 1. The Hall–Kier alpha value is -2.14. The molecular weight excluding hydrogens is 268 g/mol. The van der Waals surface area contributed by atoms with Crippen molar-refractivity contribution in [2.24, 2.45) is 0 Å². The van der Waals surface area contributed by atoms with E-state index < -0.39 is 0 Å². The summed E-state index contributed by atoms with van der Waals surface area (Å²) >= 11 is 1.69. The van der Waals surface area contributed by atoms with Crippen LogP contribution in [0.5, 0.6) is 0 Å². The third kappa shape index (κ3) is 3.24. The fourth-order valence-electron chi connectivity index (χ4n) is 2.03. The Labute approximate surface area is 122 Å². The summed E-state index contributed by atoms with van der Waals surface area (Å²) in [6, 6.07) is 8.44. The van der Waals surface area contributed by atoms with Gasteiger partial charge < -0.3 is 9.88 Å². The molecule has 5 heteroatoms. The fourth-order valence-corrected chi connectivity index (χ4v) is 2.74. The molecule has 2 aromatic heterocycles. The normalized spacial score (nSPS) is 10.7. The molecule has 0 saturated carbocycles. The number of imidazole rings is 1. The minimum absolute atomic E-state index is 0.771. The van der Waals surface area contributed by atoms with Crippen LogP contribution >= 0.6 is 11.3 Å². The first kappa shape index (κ1) is 12.9. The van der Waals surface area contributed by atoms with Gasteiger partial charge in [0.1, 0.15) is 5.01 Å². The Bertz CT molecular complexity index is 673. The number of anilines is 1. The quantitative estimate of drug-likeness (QED) is 0.781. The van der Waals surface area contributed by atoms with E-state index in [1.165, 1.54) is 5.56 Å². The van der Waals surface area contributed by atoms with E-state index >= 15 is 0 Å². The maximum Gasteiger partial charge on any atom is 0.112 e. The Kier molecular flexibility index (Phi) is 3.78. The lowest BCUT2D eigenvalue weighted by atomic mass is 10.2. The van der Waals surface area contributed by atoms with Gasteiger partial charge in [-0.3, -0.25) is 0 Å². The largest absolute Gasteiger partial charge is 0.379 e. The molecule has 0 unspecified atom stereocenters. The Balaban J connectivity index is 1.65. The lowest BCUT2D eigenvalue weighted by Gasteiger charge is -2.07. The second kappa shape index (κ2) is 5.88. The van der Waals surface area contributed by atoms with E-state index in [2.05, 4.69) is 49.5 Å². The van der Waals surface area contributed by atoms with Crippen LogP contribution in [0.25, 0.3) is 0 Å². The summed E-state index contributed by atoms with van der Waals surface area (Å²) in [5.74, 6) is 0. The molecule has 0 fully saturated rings.